The predicted octanol–water partition coefficient (Wildman–Crippen LogP) is 4.62. The maximum Gasteiger partial charge on any atom is 0.169 e. The van der Waals surface area contributed by atoms with Crippen molar-refractivity contribution >= 4 is 33.2 Å². The molecule has 0 fully saturated rings. The SMILES string of the molecule is Cc1c(Cl)cccc1NCc1ccc(Br)o1. The molecule has 0 unspecified atom stereocenters. The van der Waals surface area contributed by atoms with Gasteiger partial charge in [-0.2, -0.15) is 0 Å². The van der Waals surface area contributed by atoms with E-state index in [-0.39, 0.29) is 0 Å². The third-order valence-corrected chi connectivity index (χ3v) is 3.19. The lowest BCUT2D eigenvalue weighted by molar-refractivity contribution is 0.495. The van der Waals surface area contributed by atoms with Crippen molar-refractivity contribution in [1.82, 2.24) is 0 Å². The van der Waals surface area contributed by atoms with Gasteiger partial charge in [0.15, 0.2) is 4.67 Å². The van der Waals surface area contributed by atoms with E-state index in [1.165, 1.54) is 0 Å². The van der Waals surface area contributed by atoms with E-state index < -0.39 is 0 Å². The van der Waals surface area contributed by atoms with E-state index in [0.717, 1.165) is 26.7 Å². The van der Waals surface area contributed by atoms with Crippen LogP contribution in [0.15, 0.2) is 39.4 Å². The third kappa shape index (κ3) is 2.60. The van der Waals surface area contributed by atoms with Crippen LogP contribution in [0.25, 0.3) is 0 Å². The smallest absolute Gasteiger partial charge is 0.169 e. The second-order valence-electron chi connectivity index (χ2n) is 3.47. The molecular weight excluding hydrogens is 289 g/mol. The van der Waals surface area contributed by atoms with Gasteiger partial charge in [-0.3, -0.25) is 0 Å². The van der Waals surface area contributed by atoms with Crippen LogP contribution in [-0.4, -0.2) is 0 Å². The summed E-state index contributed by atoms with van der Waals surface area (Å²) >= 11 is 9.30. The molecule has 0 spiro atoms. The van der Waals surface area contributed by atoms with Crippen molar-refractivity contribution in [3.63, 3.8) is 0 Å². The van der Waals surface area contributed by atoms with Crippen molar-refractivity contribution < 1.29 is 4.42 Å². The Morgan fingerprint density at radius 2 is 2.12 bits per heavy atom. The van der Waals surface area contributed by atoms with Crippen LogP contribution >= 0.6 is 27.5 Å². The van der Waals surface area contributed by atoms with Gasteiger partial charge in [-0.05, 0) is 52.7 Å². The van der Waals surface area contributed by atoms with E-state index in [1.807, 2.05) is 37.3 Å². The Morgan fingerprint density at radius 3 is 2.81 bits per heavy atom. The van der Waals surface area contributed by atoms with Crippen molar-refractivity contribution in [2.24, 2.45) is 0 Å². The zero-order valence-electron chi connectivity index (χ0n) is 8.76. The fraction of sp³-hybridized carbons (Fsp3) is 0.167. The molecule has 1 aromatic carbocycles. The summed E-state index contributed by atoms with van der Waals surface area (Å²) in [7, 11) is 0. The summed E-state index contributed by atoms with van der Waals surface area (Å²) in [5.74, 6) is 0.881. The molecule has 0 bridgehead atoms. The number of benzene rings is 1. The largest absolute Gasteiger partial charge is 0.452 e. The van der Waals surface area contributed by atoms with E-state index in [0.29, 0.717) is 6.54 Å². The zero-order chi connectivity index (χ0) is 11.5. The summed E-state index contributed by atoms with van der Waals surface area (Å²) in [5, 5.41) is 4.05. The number of nitrogens with one attached hydrogen (secondary N) is 1. The quantitative estimate of drug-likeness (QED) is 0.895. The van der Waals surface area contributed by atoms with Gasteiger partial charge in [0.2, 0.25) is 0 Å². The van der Waals surface area contributed by atoms with E-state index in [9.17, 15) is 0 Å². The Hall–Kier alpha value is -0.930. The molecule has 16 heavy (non-hydrogen) atoms. The van der Waals surface area contributed by atoms with Gasteiger partial charge in [-0.25, -0.2) is 0 Å². The average molecular weight is 301 g/mol. The summed E-state index contributed by atoms with van der Waals surface area (Å²) in [6.07, 6.45) is 0. The fourth-order valence-electron chi connectivity index (χ4n) is 1.43. The number of halogens is 2. The lowest BCUT2D eigenvalue weighted by Gasteiger charge is -2.08. The molecule has 0 aliphatic heterocycles. The summed E-state index contributed by atoms with van der Waals surface area (Å²) < 4.78 is 6.14. The molecule has 2 nitrogen and oxygen atoms in total. The van der Waals surface area contributed by atoms with Gasteiger partial charge >= 0.3 is 0 Å². The molecule has 1 heterocycles. The van der Waals surface area contributed by atoms with Crippen molar-refractivity contribution in [3.8, 4) is 0 Å². The summed E-state index contributed by atoms with van der Waals surface area (Å²) in [5.41, 5.74) is 2.08. The number of anilines is 1. The molecule has 0 aliphatic rings. The first-order valence-electron chi connectivity index (χ1n) is 4.90. The van der Waals surface area contributed by atoms with Crippen LogP contribution in [0.1, 0.15) is 11.3 Å². The highest BCUT2D eigenvalue weighted by atomic mass is 79.9. The normalized spacial score (nSPS) is 10.4. The van der Waals surface area contributed by atoms with Gasteiger partial charge in [-0.15, -0.1) is 0 Å². The number of hydrogen-bond donors (Lipinski definition) is 1. The van der Waals surface area contributed by atoms with Gasteiger partial charge in [0.05, 0.1) is 6.54 Å². The fourth-order valence-corrected chi connectivity index (χ4v) is 1.94. The van der Waals surface area contributed by atoms with Crippen molar-refractivity contribution in [2.75, 3.05) is 5.32 Å². The van der Waals surface area contributed by atoms with Crippen LogP contribution in [0.5, 0.6) is 0 Å². The maximum atomic E-state index is 6.03. The topological polar surface area (TPSA) is 25.2 Å². The molecule has 0 aliphatic carbocycles. The molecule has 0 radical (unpaired) electrons. The summed E-state index contributed by atoms with van der Waals surface area (Å²) in [4.78, 5) is 0. The molecule has 84 valence electrons. The van der Waals surface area contributed by atoms with Crippen LogP contribution < -0.4 is 5.32 Å². The number of furan rings is 1. The minimum atomic E-state index is 0.646. The van der Waals surface area contributed by atoms with E-state index in [2.05, 4.69) is 21.2 Å². The van der Waals surface area contributed by atoms with E-state index >= 15 is 0 Å². The van der Waals surface area contributed by atoms with Crippen molar-refractivity contribution in [3.05, 3.63) is 51.3 Å². The van der Waals surface area contributed by atoms with Gasteiger partial charge in [0.1, 0.15) is 5.76 Å². The van der Waals surface area contributed by atoms with Crippen molar-refractivity contribution in [2.45, 2.75) is 13.5 Å². The molecule has 0 saturated carbocycles. The molecule has 4 heteroatoms. The highest BCUT2D eigenvalue weighted by Crippen LogP contribution is 2.24. The average Bonchev–Trinajstić information content (AvgIpc) is 2.67. The standard InChI is InChI=1S/C12H11BrClNO/c1-8-10(14)3-2-4-11(8)15-7-9-5-6-12(13)16-9/h2-6,15H,7H2,1H3. The van der Waals surface area contributed by atoms with Crippen LogP contribution in [0.3, 0.4) is 0 Å². The van der Waals surface area contributed by atoms with Crippen molar-refractivity contribution in [1.29, 1.82) is 0 Å². The van der Waals surface area contributed by atoms with Gasteiger partial charge in [0, 0.05) is 10.7 Å². The number of hydrogen-bond acceptors (Lipinski definition) is 2. The van der Waals surface area contributed by atoms with Crippen LogP contribution in [0.4, 0.5) is 5.69 Å². The molecule has 2 aromatic rings. The highest BCUT2D eigenvalue weighted by Gasteiger charge is 2.03. The second-order valence-corrected chi connectivity index (χ2v) is 4.66. The Labute approximate surface area is 108 Å². The molecule has 1 aromatic heterocycles. The first-order valence-corrected chi connectivity index (χ1v) is 6.07. The molecule has 0 saturated heterocycles. The lowest BCUT2D eigenvalue weighted by Crippen LogP contribution is -1.99. The Balaban J connectivity index is 2.07. The predicted molar refractivity (Wildman–Crippen MR) is 69.9 cm³/mol. The van der Waals surface area contributed by atoms with Gasteiger partial charge in [0.25, 0.3) is 0 Å². The Morgan fingerprint density at radius 1 is 1.31 bits per heavy atom. The lowest BCUT2D eigenvalue weighted by atomic mass is 10.2. The molecule has 1 N–H and O–H groups in total. The monoisotopic (exact) mass is 299 g/mol. The molecule has 2 rings (SSSR count). The first-order chi connectivity index (χ1) is 7.66. The van der Waals surface area contributed by atoms with E-state index in [1.54, 1.807) is 0 Å². The van der Waals surface area contributed by atoms with Crippen LogP contribution in [-0.2, 0) is 6.54 Å². The Bertz CT molecular complexity index is 496. The van der Waals surface area contributed by atoms with Crippen LogP contribution in [0, 0.1) is 6.92 Å². The first kappa shape index (κ1) is 11.6. The molecule has 0 atom stereocenters. The third-order valence-electron chi connectivity index (χ3n) is 2.35. The summed E-state index contributed by atoms with van der Waals surface area (Å²) in [6, 6.07) is 9.61. The minimum Gasteiger partial charge on any atom is -0.452 e. The van der Waals surface area contributed by atoms with Gasteiger partial charge in [-0.1, -0.05) is 17.7 Å². The zero-order valence-corrected chi connectivity index (χ0v) is 11.1. The molecule has 0 amide bonds. The highest BCUT2D eigenvalue weighted by molar-refractivity contribution is 9.10. The Kier molecular flexibility index (Phi) is 3.56. The van der Waals surface area contributed by atoms with E-state index in [4.69, 9.17) is 16.0 Å². The minimum absolute atomic E-state index is 0.646. The molecular formula is C12H11BrClNO. The summed E-state index contributed by atoms with van der Waals surface area (Å²) in [6.45, 7) is 2.63. The second kappa shape index (κ2) is 4.93. The van der Waals surface area contributed by atoms with Gasteiger partial charge < -0.3 is 9.73 Å². The number of rotatable bonds is 3. The maximum absolute atomic E-state index is 6.03. The van der Waals surface area contributed by atoms with Crippen LogP contribution in [0.2, 0.25) is 5.02 Å².